The number of ether oxygens (including phenoxy) is 2. The Morgan fingerprint density at radius 2 is 2.24 bits per heavy atom. The maximum absolute atomic E-state index is 7.30. The van der Waals surface area contributed by atoms with E-state index in [4.69, 9.17) is 32.2 Å². The van der Waals surface area contributed by atoms with Gasteiger partial charge in [-0.3, -0.25) is 5.41 Å². The molecule has 0 radical (unpaired) electrons. The average molecular weight is 257 g/mol. The number of hydrogen-bond acceptors (Lipinski definition) is 3. The van der Waals surface area contributed by atoms with E-state index in [1.165, 1.54) is 0 Å². The molecule has 5 heteroatoms. The molecule has 1 aromatic carbocycles. The smallest absolute Gasteiger partial charge is 0.138 e. The van der Waals surface area contributed by atoms with Crippen LogP contribution in [-0.4, -0.2) is 25.7 Å². The van der Waals surface area contributed by atoms with Gasteiger partial charge in [-0.2, -0.15) is 0 Å². The molecule has 0 spiro atoms. The number of rotatable bonds is 6. The molecule has 3 N–H and O–H groups in total. The van der Waals surface area contributed by atoms with E-state index >= 15 is 0 Å². The summed E-state index contributed by atoms with van der Waals surface area (Å²) in [6.07, 6.45) is 0.817. The molecule has 0 saturated carbocycles. The molecule has 0 aromatic heterocycles. The van der Waals surface area contributed by atoms with Gasteiger partial charge in [-0.1, -0.05) is 11.6 Å². The van der Waals surface area contributed by atoms with Gasteiger partial charge in [0.25, 0.3) is 0 Å². The van der Waals surface area contributed by atoms with Gasteiger partial charge in [-0.25, -0.2) is 0 Å². The zero-order valence-electron chi connectivity index (χ0n) is 10.00. The Balaban J connectivity index is 2.69. The van der Waals surface area contributed by atoms with Gasteiger partial charge in [-0.15, -0.1) is 0 Å². The monoisotopic (exact) mass is 256 g/mol. The fourth-order valence-corrected chi connectivity index (χ4v) is 1.55. The molecule has 0 aliphatic rings. The van der Waals surface area contributed by atoms with Gasteiger partial charge in [0, 0.05) is 25.7 Å². The van der Waals surface area contributed by atoms with E-state index < -0.39 is 0 Å². The fourth-order valence-electron chi connectivity index (χ4n) is 1.32. The van der Waals surface area contributed by atoms with Crippen molar-refractivity contribution in [2.24, 2.45) is 5.73 Å². The largest absolute Gasteiger partial charge is 0.489 e. The quantitative estimate of drug-likeness (QED) is 0.607. The van der Waals surface area contributed by atoms with Crippen LogP contribution in [0, 0.1) is 5.41 Å². The van der Waals surface area contributed by atoms with Crippen LogP contribution in [0.4, 0.5) is 0 Å². The summed E-state index contributed by atoms with van der Waals surface area (Å²) in [4.78, 5) is 0. The molecule has 0 aliphatic carbocycles. The summed E-state index contributed by atoms with van der Waals surface area (Å²) in [5, 5.41) is 7.76. The molecule has 0 heterocycles. The standard InChI is InChI=1S/C12H17ClN2O2/c1-8(5-6-16-2)17-11-4-3-9(12(14)15)7-10(11)13/h3-4,7-8H,5-6H2,1-2H3,(H3,14,15). The number of nitrogens with one attached hydrogen (secondary N) is 1. The van der Waals surface area contributed by atoms with E-state index in [0.29, 0.717) is 22.9 Å². The van der Waals surface area contributed by atoms with Crippen molar-refractivity contribution >= 4 is 17.4 Å². The van der Waals surface area contributed by atoms with Crippen LogP contribution in [0.25, 0.3) is 0 Å². The minimum atomic E-state index is -0.00844. The molecule has 0 saturated heterocycles. The van der Waals surface area contributed by atoms with E-state index in [0.717, 1.165) is 6.42 Å². The zero-order chi connectivity index (χ0) is 12.8. The summed E-state index contributed by atoms with van der Waals surface area (Å²) in [7, 11) is 1.65. The molecule has 17 heavy (non-hydrogen) atoms. The second-order valence-electron chi connectivity index (χ2n) is 3.77. The Hall–Kier alpha value is -1.26. The van der Waals surface area contributed by atoms with Crippen LogP contribution >= 0.6 is 11.6 Å². The first-order chi connectivity index (χ1) is 8.04. The number of methoxy groups -OCH3 is 1. The molecular weight excluding hydrogens is 240 g/mol. The van der Waals surface area contributed by atoms with Gasteiger partial charge >= 0.3 is 0 Å². The highest BCUT2D eigenvalue weighted by Crippen LogP contribution is 2.26. The van der Waals surface area contributed by atoms with Crippen LogP contribution in [-0.2, 0) is 4.74 Å². The minimum absolute atomic E-state index is 0.00844. The third kappa shape index (κ3) is 4.24. The summed E-state index contributed by atoms with van der Waals surface area (Å²) in [6.45, 7) is 2.60. The Kier molecular flexibility index (Phi) is 5.25. The van der Waals surface area contributed by atoms with E-state index in [1.807, 2.05) is 6.92 Å². The van der Waals surface area contributed by atoms with Gasteiger partial charge < -0.3 is 15.2 Å². The zero-order valence-corrected chi connectivity index (χ0v) is 10.8. The highest BCUT2D eigenvalue weighted by atomic mass is 35.5. The highest BCUT2D eigenvalue weighted by molar-refractivity contribution is 6.32. The lowest BCUT2D eigenvalue weighted by Crippen LogP contribution is -2.15. The highest BCUT2D eigenvalue weighted by Gasteiger charge is 2.08. The Labute approximate surface area is 106 Å². The Morgan fingerprint density at radius 3 is 2.76 bits per heavy atom. The molecule has 0 amide bonds. The third-order valence-electron chi connectivity index (χ3n) is 2.30. The van der Waals surface area contributed by atoms with Gasteiger partial charge in [0.15, 0.2) is 0 Å². The van der Waals surface area contributed by atoms with Gasteiger partial charge in [0.05, 0.1) is 11.1 Å². The molecule has 4 nitrogen and oxygen atoms in total. The van der Waals surface area contributed by atoms with Crippen molar-refractivity contribution in [3.63, 3.8) is 0 Å². The van der Waals surface area contributed by atoms with Gasteiger partial charge in [0.2, 0.25) is 0 Å². The predicted molar refractivity (Wildman–Crippen MR) is 69.1 cm³/mol. The van der Waals surface area contributed by atoms with Gasteiger partial charge in [-0.05, 0) is 25.1 Å². The molecule has 1 rings (SSSR count). The maximum atomic E-state index is 7.30. The van der Waals surface area contributed by atoms with Crippen molar-refractivity contribution in [3.05, 3.63) is 28.8 Å². The fraction of sp³-hybridized carbons (Fsp3) is 0.417. The number of amidine groups is 1. The van der Waals surface area contributed by atoms with Crippen LogP contribution in [0.2, 0.25) is 5.02 Å². The van der Waals surface area contributed by atoms with Gasteiger partial charge in [0.1, 0.15) is 11.6 Å². The van der Waals surface area contributed by atoms with Crippen molar-refractivity contribution in [3.8, 4) is 5.75 Å². The van der Waals surface area contributed by atoms with Crippen molar-refractivity contribution < 1.29 is 9.47 Å². The molecule has 1 aromatic rings. The summed E-state index contributed by atoms with van der Waals surface area (Å²) < 4.78 is 10.6. The summed E-state index contributed by atoms with van der Waals surface area (Å²) in [6, 6.07) is 5.07. The van der Waals surface area contributed by atoms with Crippen molar-refractivity contribution in [1.82, 2.24) is 0 Å². The molecule has 0 bridgehead atoms. The minimum Gasteiger partial charge on any atom is -0.489 e. The number of halogens is 1. The molecule has 94 valence electrons. The molecule has 1 unspecified atom stereocenters. The Morgan fingerprint density at radius 1 is 1.53 bits per heavy atom. The van der Waals surface area contributed by atoms with Crippen LogP contribution in [0.3, 0.4) is 0 Å². The maximum Gasteiger partial charge on any atom is 0.138 e. The molecule has 1 atom stereocenters. The number of nitrogens with two attached hydrogens (primary N) is 1. The first-order valence-electron chi connectivity index (χ1n) is 5.34. The second-order valence-corrected chi connectivity index (χ2v) is 4.18. The summed E-state index contributed by atoms with van der Waals surface area (Å²) in [5.74, 6) is 0.589. The molecular formula is C12H17ClN2O2. The third-order valence-corrected chi connectivity index (χ3v) is 2.59. The lowest BCUT2D eigenvalue weighted by Gasteiger charge is -2.15. The number of hydrogen-bond donors (Lipinski definition) is 2. The van der Waals surface area contributed by atoms with Crippen LogP contribution in [0.1, 0.15) is 18.9 Å². The topological polar surface area (TPSA) is 68.3 Å². The number of benzene rings is 1. The first kappa shape index (κ1) is 13.8. The van der Waals surface area contributed by atoms with Crippen molar-refractivity contribution in [1.29, 1.82) is 5.41 Å². The number of nitrogen functional groups attached to an aromatic ring is 1. The average Bonchev–Trinajstić information content (AvgIpc) is 2.28. The van der Waals surface area contributed by atoms with Crippen LogP contribution in [0.5, 0.6) is 5.75 Å². The van der Waals surface area contributed by atoms with E-state index in [9.17, 15) is 0 Å². The van der Waals surface area contributed by atoms with E-state index in [1.54, 1.807) is 25.3 Å². The predicted octanol–water partition coefficient (Wildman–Crippen LogP) is 2.43. The summed E-state index contributed by atoms with van der Waals surface area (Å²) >= 11 is 6.04. The Bertz CT molecular complexity index is 396. The van der Waals surface area contributed by atoms with Crippen LogP contribution in [0.15, 0.2) is 18.2 Å². The van der Waals surface area contributed by atoms with E-state index in [-0.39, 0.29) is 11.9 Å². The van der Waals surface area contributed by atoms with Crippen molar-refractivity contribution in [2.75, 3.05) is 13.7 Å². The molecule has 0 aliphatic heterocycles. The lowest BCUT2D eigenvalue weighted by molar-refractivity contribution is 0.135. The normalized spacial score (nSPS) is 12.2. The van der Waals surface area contributed by atoms with Crippen LogP contribution < -0.4 is 10.5 Å². The summed E-state index contributed by atoms with van der Waals surface area (Å²) in [5.41, 5.74) is 5.96. The van der Waals surface area contributed by atoms with E-state index in [2.05, 4.69) is 0 Å². The second kappa shape index (κ2) is 6.47. The first-order valence-corrected chi connectivity index (χ1v) is 5.72. The lowest BCUT2D eigenvalue weighted by atomic mass is 10.2. The SMILES string of the molecule is COCCC(C)Oc1ccc(C(=N)N)cc1Cl. The molecule has 0 fully saturated rings. The van der Waals surface area contributed by atoms with Crippen molar-refractivity contribution in [2.45, 2.75) is 19.4 Å².